The molecule has 1 amide bonds. The van der Waals surface area contributed by atoms with Crippen molar-refractivity contribution < 1.29 is 4.79 Å². The zero-order valence-corrected chi connectivity index (χ0v) is 17.8. The first-order valence-electron chi connectivity index (χ1n) is 9.98. The highest BCUT2D eigenvalue weighted by Crippen LogP contribution is 2.24. The molecule has 1 N–H and O–H groups in total. The van der Waals surface area contributed by atoms with Crippen molar-refractivity contribution in [1.82, 2.24) is 24.9 Å². The molecule has 0 saturated heterocycles. The summed E-state index contributed by atoms with van der Waals surface area (Å²) in [6.07, 6.45) is 2.44. The summed E-state index contributed by atoms with van der Waals surface area (Å²) >= 11 is 0. The molecule has 154 valence electrons. The van der Waals surface area contributed by atoms with Crippen LogP contribution in [0.4, 0.5) is 0 Å². The van der Waals surface area contributed by atoms with Crippen LogP contribution < -0.4 is 10.9 Å². The normalized spacial score (nSPS) is 11.9. The number of rotatable bonds is 6. The highest BCUT2D eigenvalue weighted by atomic mass is 16.2. The number of aromatic nitrogens is 4. The summed E-state index contributed by atoms with van der Waals surface area (Å²) in [5, 5.41) is 12.6. The van der Waals surface area contributed by atoms with Gasteiger partial charge in [-0.2, -0.15) is 10.2 Å². The maximum absolute atomic E-state index is 13.1. The molecule has 0 saturated carbocycles. The quantitative estimate of drug-likeness (QED) is 0.696. The van der Waals surface area contributed by atoms with Gasteiger partial charge in [-0.25, -0.2) is 4.68 Å². The van der Waals surface area contributed by atoms with E-state index in [0.29, 0.717) is 12.1 Å². The summed E-state index contributed by atoms with van der Waals surface area (Å²) in [4.78, 5) is 25.6. The fourth-order valence-corrected chi connectivity index (χ4v) is 3.32. The average molecular weight is 396 g/mol. The Kier molecular flexibility index (Phi) is 5.86. The molecular weight excluding hydrogens is 366 g/mol. The van der Waals surface area contributed by atoms with E-state index in [1.54, 1.807) is 10.9 Å². The van der Waals surface area contributed by atoms with E-state index < -0.39 is 0 Å². The molecule has 0 unspecified atom stereocenters. The van der Waals surface area contributed by atoms with E-state index in [2.05, 4.69) is 15.5 Å². The Morgan fingerprint density at radius 1 is 1.17 bits per heavy atom. The van der Waals surface area contributed by atoms with Crippen LogP contribution in [0.15, 0.2) is 41.3 Å². The van der Waals surface area contributed by atoms with Crippen LogP contribution in [0, 0.1) is 0 Å². The number of benzene rings is 1. The van der Waals surface area contributed by atoms with Crippen molar-refractivity contribution in [3.8, 4) is 0 Å². The van der Waals surface area contributed by atoms with Crippen LogP contribution in [0.1, 0.15) is 51.8 Å². The van der Waals surface area contributed by atoms with Crippen molar-refractivity contribution in [2.24, 2.45) is 0 Å². The molecule has 2 aromatic heterocycles. The van der Waals surface area contributed by atoms with Crippen LogP contribution in [0.25, 0.3) is 10.9 Å². The lowest BCUT2D eigenvalue weighted by Crippen LogP contribution is -2.36. The van der Waals surface area contributed by atoms with E-state index in [1.807, 2.05) is 65.0 Å². The Bertz CT molecular complexity index is 1060. The Hall–Kier alpha value is -2.96. The Balaban J connectivity index is 1.85. The SMILES string of the molecule is CC(C)c1nn(CC(=O)NCCc2ccccc2)c(=O)c2c1cnn2C(C)(C)C. The second kappa shape index (κ2) is 8.19. The van der Waals surface area contributed by atoms with E-state index in [0.717, 1.165) is 23.1 Å². The summed E-state index contributed by atoms with van der Waals surface area (Å²) < 4.78 is 2.99. The second-order valence-corrected chi connectivity index (χ2v) is 8.58. The summed E-state index contributed by atoms with van der Waals surface area (Å²) in [5.41, 5.74) is 1.77. The van der Waals surface area contributed by atoms with Gasteiger partial charge in [0.25, 0.3) is 5.56 Å². The average Bonchev–Trinajstić information content (AvgIpc) is 3.10. The molecule has 0 aliphatic heterocycles. The predicted octanol–water partition coefficient (Wildman–Crippen LogP) is 2.83. The van der Waals surface area contributed by atoms with Gasteiger partial charge in [0, 0.05) is 11.9 Å². The predicted molar refractivity (Wildman–Crippen MR) is 114 cm³/mol. The minimum absolute atomic E-state index is 0.100. The number of amides is 1. The first-order chi connectivity index (χ1) is 13.7. The molecule has 7 nitrogen and oxygen atoms in total. The fraction of sp³-hybridized carbons (Fsp3) is 0.455. The Morgan fingerprint density at radius 2 is 1.86 bits per heavy atom. The monoisotopic (exact) mass is 395 g/mol. The lowest BCUT2D eigenvalue weighted by atomic mass is 10.1. The highest BCUT2D eigenvalue weighted by Gasteiger charge is 2.24. The highest BCUT2D eigenvalue weighted by molar-refractivity contribution is 5.81. The zero-order valence-electron chi connectivity index (χ0n) is 17.8. The van der Waals surface area contributed by atoms with Gasteiger partial charge in [0.05, 0.1) is 17.4 Å². The van der Waals surface area contributed by atoms with Crippen LogP contribution in [0.5, 0.6) is 0 Å². The number of nitrogens with one attached hydrogen (secondary N) is 1. The molecule has 1 aromatic carbocycles. The van der Waals surface area contributed by atoms with Gasteiger partial charge < -0.3 is 5.32 Å². The third-order valence-electron chi connectivity index (χ3n) is 4.76. The summed E-state index contributed by atoms with van der Waals surface area (Å²) in [6, 6.07) is 9.96. The molecule has 0 atom stereocenters. The number of hydrogen-bond donors (Lipinski definition) is 1. The van der Waals surface area contributed by atoms with E-state index in [1.165, 1.54) is 4.68 Å². The third-order valence-corrected chi connectivity index (χ3v) is 4.76. The maximum atomic E-state index is 13.1. The fourth-order valence-electron chi connectivity index (χ4n) is 3.32. The molecule has 7 heteroatoms. The Morgan fingerprint density at radius 3 is 2.48 bits per heavy atom. The van der Waals surface area contributed by atoms with Gasteiger partial charge in [-0.1, -0.05) is 44.2 Å². The van der Waals surface area contributed by atoms with Crippen molar-refractivity contribution in [2.75, 3.05) is 6.54 Å². The van der Waals surface area contributed by atoms with E-state index >= 15 is 0 Å². The lowest BCUT2D eigenvalue weighted by molar-refractivity contribution is -0.121. The van der Waals surface area contributed by atoms with Crippen LogP contribution >= 0.6 is 0 Å². The zero-order chi connectivity index (χ0) is 21.2. The number of carbonyl (C=O) groups excluding carboxylic acids is 1. The minimum Gasteiger partial charge on any atom is -0.354 e. The van der Waals surface area contributed by atoms with Gasteiger partial charge in [0.2, 0.25) is 5.91 Å². The molecule has 3 rings (SSSR count). The molecule has 0 spiro atoms. The van der Waals surface area contributed by atoms with Crippen LogP contribution in [-0.2, 0) is 23.3 Å². The topological polar surface area (TPSA) is 81.8 Å². The molecule has 0 bridgehead atoms. The summed E-state index contributed by atoms with van der Waals surface area (Å²) in [6.45, 7) is 10.4. The number of nitrogens with zero attached hydrogens (tertiary/aromatic N) is 4. The smallest absolute Gasteiger partial charge is 0.293 e. The van der Waals surface area contributed by atoms with Crippen molar-refractivity contribution >= 4 is 16.8 Å². The summed E-state index contributed by atoms with van der Waals surface area (Å²) in [5.74, 6) is -0.130. The Labute approximate surface area is 170 Å². The van der Waals surface area contributed by atoms with E-state index in [4.69, 9.17) is 0 Å². The lowest BCUT2D eigenvalue weighted by Gasteiger charge is -2.21. The molecule has 29 heavy (non-hydrogen) atoms. The van der Waals surface area contributed by atoms with Crippen LogP contribution in [0.2, 0.25) is 0 Å². The van der Waals surface area contributed by atoms with Crippen molar-refractivity contribution in [3.05, 3.63) is 58.1 Å². The van der Waals surface area contributed by atoms with Crippen molar-refractivity contribution in [2.45, 2.75) is 59.0 Å². The van der Waals surface area contributed by atoms with Gasteiger partial charge in [0.1, 0.15) is 12.1 Å². The van der Waals surface area contributed by atoms with Gasteiger partial charge in [0.15, 0.2) is 0 Å². The molecule has 3 aromatic rings. The molecular formula is C22H29N5O2. The van der Waals surface area contributed by atoms with Crippen molar-refractivity contribution in [3.63, 3.8) is 0 Å². The minimum atomic E-state index is -0.355. The molecule has 2 heterocycles. The first-order valence-corrected chi connectivity index (χ1v) is 9.98. The molecule has 0 radical (unpaired) electrons. The van der Waals surface area contributed by atoms with Gasteiger partial charge in [-0.05, 0) is 38.7 Å². The number of fused-ring (bicyclic) bond motifs is 1. The van der Waals surface area contributed by atoms with Gasteiger partial charge in [-0.3, -0.25) is 14.3 Å². The molecule has 0 fully saturated rings. The first kappa shape index (κ1) is 20.8. The van der Waals surface area contributed by atoms with Crippen LogP contribution in [0.3, 0.4) is 0 Å². The van der Waals surface area contributed by atoms with Gasteiger partial charge in [-0.15, -0.1) is 0 Å². The van der Waals surface area contributed by atoms with E-state index in [-0.39, 0.29) is 29.5 Å². The van der Waals surface area contributed by atoms with Gasteiger partial charge >= 0.3 is 0 Å². The standard InChI is InChI=1S/C22H29N5O2/c1-15(2)19-17-13-24-27(22(3,4)5)20(17)21(29)26(25-19)14-18(28)23-12-11-16-9-7-6-8-10-16/h6-10,13,15H,11-12,14H2,1-5H3,(H,23,28). The molecule has 0 aliphatic rings. The number of hydrogen-bond acceptors (Lipinski definition) is 4. The second-order valence-electron chi connectivity index (χ2n) is 8.58. The largest absolute Gasteiger partial charge is 0.354 e. The number of carbonyl (C=O) groups is 1. The van der Waals surface area contributed by atoms with Crippen LogP contribution in [-0.4, -0.2) is 32.0 Å². The van der Waals surface area contributed by atoms with E-state index in [9.17, 15) is 9.59 Å². The third kappa shape index (κ3) is 4.55. The molecule has 0 aliphatic carbocycles. The maximum Gasteiger partial charge on any atom is 0.293 e. The summed E-state index contributed by atoms with van der Waals surface area (Å²) in [7, 11) is 0. The van der Waals surface area contributed by atoms with Crippen molar-refractivity contribution in [1.29, 1.82) is 0 Å².